The summed E-state index contributed by atoms with van der Waals surface area (Å²) in [5, 5.41) is 0. The first kappa shape index (κ1) is 10.2. The van der Waals surface area contributed by atoms with Gasteiger partial charge < -0.3 is 5.73 Å². The molecule has 0 atom stereocenters. The summed E-state index contributed by atoms with van der Waals surface area (Å²) in [5.41, 5.74) is 6.64. The highest BCUT2D eigenvalue weighted by atomic mass is 19.4. The highest BCUT2D eigenvalue weighted by Gasteiger charge is 2.36. The van der Waals surface area contributed by atoms with Crippen LogP contribution in [-0.4, -0.2) is 9.97 Å². The summed E-state index contributed by atoms with van der Waals surface area (Å²) in [7, 11) is 0. The Balaban J connectivity index is 2.50. The van der Waals surface area contributed by atoms with Crippen LogP contribution in [-0.2, 0) is 19.0 Å². The number of nitrogens with zero attached hydrogens (tertiary/aromatic N) is 2. The number of nitrogens with two attached hydrogens (primary N) is 1. The summed E-state index contributed by atoms with van der Waals surface area (Å²) in [6.07, 6.45) is -1.47. The van der Waals surface area contributed by atoms with Crippen LogP contribution in [0.5, 0.6) is 0 Å². The lowest BCUT2D eigenvalue weighted by atomic mass is 9.96. The van der Waals surface area contributed by atoms with Crippen molar-refractivity contribution in [2.45, 2.75) is 31.9 Å². The predicted molar refractivity (Wildman–Crippen MR) is 48.1 cm³/mol. The SMILES string of the molecule is Nc1nc(C(F)(F)F)nc2c1CCCC2. The number of hydrogen-bond donors (Lipinski definition) is 1. The van der Waals surface area contributed by atoms with E-state index in [-0.39, 0.29) is 5.82 Å². The van der Waals surface area contributed by atoms with E-state index in [1.54, 1.807) is 0 Å². The fourth-order valence-corrected chi connectivity index (χ4v) is 1.75. The molecule has 0 unspecified atom stereocenters. The van der Waals surface area contributed by atoms with Crippen LogP contribution in [0, 0.1) is 0 Å². The van der Waals surface area contributed by atoms with E-state index in [9.17, 15) is 13.2 Å². The number of halogens is 3. The Kier molecular flexibility index (Phi) is 2.28. The van der Waals surface area contributed by atoms with Crippen LogP contribution in [0.3, 0.4) is 0 Å². The number of aromatic nitrogens is 2. The second kappa shape index (κ2) is 3.36. The Bertz CT molecular complexity index is 387. The van der Waals surface area contributed by atoms with Crippen molar-refractivity contribution >= 4 is 5.82 Å². The minimum Gasteiger partial charge on any atom is -0.383 e. The van der Waals surface area contributed by atoms with E-state index in [0.29, 0.717) is 24.1 Å². The predicted octanol–water partition coefficient (Wildman–Crippen LogP) is 1.96. The molecule has 0 spiro atoms. The average molecular weight is 217 g/mol. The molecule has 0 bridgehead atoms. The minimum absolute atomic E-state index is 0.0213. The van der Waals surface area contributed by atoms with Gasteiger partial charge in [-0.15, -0.1) is 0 Å². The Morgan fingerprint density at radius 2 is 1.73 bits per heavy atom. The average Bonchev–Trinajstić information content (AvgIpc) is 2.16. The van der Waals surface area contributed by atoms with Gasteiger partial charge in [0.1, 0.15) is 5.82 Å². The summed E-state index contributed by atoms with van der Waals surface area (Å²) in [6.45, 7) is 0. The van der Waals surface area contributed by atoms with Crippen LogP contribution in [0.4, 0.5) is 19.0 Å². The van der Waals surface area contributed by atoms with Crippen molar-refractivity contribution in [3.8, 4) is 0 Å². The zero-order valence-corrected chi connectivity index (χ0v) is 7.93. The van der Waals surface area contributed by atoms with Gasteiger partial charge in [-0.3, -0.25) is 0 Å². The Hall–Kier alpha value is -1.33. The van der Waals surface area contributed by atoms with Crippen LogP contribution in [0.1, 0.15) is 29.9 Å². The molecular formula is C9H10F3N3. The summed E-state index contributed by atoms with van der Waals surface area (Å²) in [6, 6.07) is 0. The van der Waals surface area contributed by atoms with Crippen LogP contribution >= 0.6 is 0 Å². The molecule has 1 heterocycles. The molecule has 0 saturated heterocycles. The molecule has 0 fully saturated rings. The normalized spacial score (nSPS) is 16.2. The second-order valence-electron chi connectivity index (χ2n) is 3.56. The van der Waals surface area contributed by atoms with Crippen molar-refractivity contribution < 1.29 is 13.2 Å². The molecule has 1 aliphatic carbocycles. The maximum atomic E-state index is 12.4. The lowest BCUT2D eigenvalue weighted by Gasteiger charge is -2.17. The molecule has 0 aromatic carbocycles. The van der Waals surface area contributed by atoms with Crippen LogP contribution in [0.15, 0.2) is 0 Å². The number of nitrogen functional groups attached to an aromatic ring is 1. The van der Waals surface area contributed by atoms with Gasteiger partial charge in [0.25, 0.3) is 0 Å². The van der Waals surface area contributed by atoms with Gasteiger partial charge in [-0.2, -0.15) is 13.2 Å². The molecule has 2 N–H and O–H groups in total. The molecule has 3 nitrogen and oxygen atoms in total. The molecule has 0 saturated carbocycles. The molecule has 0 radical (unpaired) electrons. The molecule has 82 valence electrons. The van der Waals surface area contributed by atoms with Gasteiger partial charge in [0, 0.05) is 11.3 Å². The number of rotatable bonds is 0. The maximum absolute atomic E-state index is 12.4. The molecular weight excluding hydrogens is 207 g/mol. The molecule has 1 aromatic heterocycles. The van der Waals surface area contributed by atoms with Crippen LogP contribution in [0.25, 0.3) is 0 Å². The number of fused-ring (bicyclic) bond motifs is 1. The van der Waals surface area contributed by atoms with Gasteiger partial charge >= 0.3 is 6.18 Å². The quantitative estimate of drug-likeness (QED) is 0.722. The van der Waals surface area contributed by atoms with Gasteiger partial charge in [-0.1, -0.05) is 0 Å². The Morgan fingerprint density at radius 1 is 1.07 bits per heavy atom. The molecule has 2 rings (SSSR count). The van der Waals surface area contributed by atoms with Crippen molar-refractivity contribution in [1.82, 2.24) is 9.97 Å². The van der Waals surface area contributed by atoms with Gasteiger partial charge in [-0.25, -0.2) is 9.97 Å². The third-order valence-corrected chi connectivity index (χ3v) is 2.47. The first-order chi connectivity index (χ1) is 6.98. The summed E-state index contributed by atoms with van der Waals surface area (Å²) in [4.78, 5) is 6.83. The monoisotopic (exact) mass is 217 g/mol. The van der Waals surface area contributed by atoms with E-state index < -0.39 is 12.0 Å². The molecule has 0 amide bonds. The fourth-order valence-electron chi connectivity index (χ4n) is 1.75. The number of aryl methyl sites for hydroxylation is 1. The van der Waals surface area contributed by atoms with Crippen molar-refractivity contribution in [3.05, 3.63) is 17.1 Å². The minimum atomic E-state index is -4.51. The van der Waals surface area contributed by atoms with Gasteiger partial charge in [0.2, 0.25) is 5.82 Å². The van der Waals surface area contributed by atoms with Gasteiger partial charge in [0.15, 0.2) is 0 Å². The van der Waals surface area contributed by atoms with E-state index >= 15 is 0 Å². The highest BCUT2D eigenvalue weighted by Crippen LogP contribution is 2.30. The first-order valence-corrected chi connectivity index (χ1v) is 4.71. The largest absolute Gasteiger partial charge is 0.451 e. The lowest BCUT2D eigenvalue weighted by molar-refractivity contribution is -0.145. The third kappa shape index (κ3) is 1.88. The summed E-state index contributed by atoms with van der Waals surface area (Å²) >= 11 is 0. The van der Waals surface area contributed by atoms with E-state index in [4.69, 9.17) is 5.73 Å². The molecule has 0 aliphatic heterocycles. The van der Waals surface area contributed by atoms with Crippen molar-refractivity contribution in [2.24, 2.45) is 0 Å². The molecule has 1 aromatic rings. The van der Waals surface area contributed by atoms with E-state index in [1.807, 2.05) is 0 Å². The van der Waals surface area contributed by atoms with E-state index in [0.717, 1.165) is 12.8 Å². The maximum Gasteiger partial charge on any atom is 0.451 e. The van der Waals surface area contributed by atoms with Gasteiger partial charge in [0.05, 0.1) is 0 Å². The van der Waals surface area contributed by atoms with Crippen molar-refractivity contribution in [3.63, 3.8) is 0 Å². The smallest absolute Gasteiger partial charge is 0.383 e. The second-order valence-corrected chi connectivity index (χ2v) is 3.56. The standard InChI is InChI=1S/C9H10F3N3/c10-9(11,12)8-14-6-4-2-1-3-5(6)7(13)15-8/h1-4H2,(H2,13,14,15). The van der Waals surface area contributed by atoms with Crippen molar-refractivity contribution in [2.75, 3.05) is 5.73 Å². The molecule has 6 heteroatoms. The number of alkyl halides is 3. The van der Waals surface area contributed by atoms with Crippen molar-refractivity contribution in [1.29, 1.82) is 0 Å². The Morgan fingerprint density at radius 3 is 2.40 bits per heavy atom. The highest BCUT2D eigenvalue weighted by molar-refractivity contribution is 5.43. The summed E-state index contributed by atoms with van der Waals surface area (Å²) < 4.78 is 37.1. The van der Waals surface area contributed by atoms with E-state index in [1.165, 1.54) is 0 Å². The fraction of sp³-hybridized carbons (Fsp3) is 0.556. The zero-order valence-electron chi connectivity index (χ0n) is 7.93. The van der Waals surface area contributed by atoms with Crippen LogP contribution in [0.2, 0.25) is 0 Å². The first-order valence-electron chi connectivity index (χ1n) is 4.71. The van der Waals surface area contributed by atoms with Crippen LogP contribution < -0.4 is 5.73 Å². The zero-order chi connectivity index (χ0) is 11.1. The Labute approximate surface area is 84.5 Å². The van der Waals surface area contributed by atoms with Gasteiger partial charge in [-0.05, 0) is 25.7 Å². The van der Waals surface area contributed by atoms with E-state index in [2.05, 4.69) is 9.97 Å². The topological polar surface area (TPSA) is 51.8 Å². The third-order valence-electron chi connectivity index (χ3n) is 2.47. The number of anilines is 1. The lowest BCUT2D eigenvalue weighted by Crippen LogP contribution is -2.18. The summed E-state index contributed by atoms with van der Waals surface area (Å²) in [5.74, 6) is -1.15. The molecule has 1 aliphatic rings. The molecule has 15 heavy (non-hydrogen) atoms. The number of hydrogen-bond acceptors (Lipinski definition) is 3.